The van der Waals surface area contributed by atoms with Gasteiger partial charge in [-0.2, -0.15) is 0 Å². The molecule has 7 nitrogen and oxygen atoms in total. The Kier molecular flexibility index (Phi) is 8.10. The Hall–Kier alpha value is -2.77. The summed E-state index contributed by atoms with van der Waals surface area (Å²) in [6, 6.07) is 11.1. The minimum atomic E-state index is -0.621. The second kappa shape index (κ2) is 10.5. The molecule has 0 aliphatic carbocycles. The molecule has 0 heterocycles. The van der Waals surface area contributed by atoms with Crippen LogP contribution in [0.15, 0.2) is 42.5 Å². The number of esters is 1. The molecule has 0 saturated heterocycles. The first-order chi connectivity index (χ1) is 13.4. The Morgan fingerprint density at radius 2 is 1.68 bits per heavy atom. The van der Waals surface area contributed by atoms with Gasteiger partial charge in [0, 0.05) is 22.2 Å². The number of rotatable bonds is 8. The smallest absolute Gasteiger partial charge is 0.308 e. The number of nitrogens with one attached hydrogen (secondary N) is 2. The van der Waals surface area contributed by atoms with Crippen LogP contribution in [0.4, 0.5) is 5.69 Å². The molecule has 2 aromatic carbocycles. The van der Waals surface area contributed by atoms with Gasteiger partial charge in [0.1, 0.15) is 5.75 Å². The van der Waals surface area contributed by atoms with Gasteiger partial charge in [-0.25, -0.2) is 0 Å². The topological polar surface area (TPSA) is 93.7 Å². The molecule has 0 bridgehead atoms. The maximum Gasteiger partial charge on any atom is 0.308 e. The van der Waals surface area contributed by atoms with Gasteiger partial charge in [-0.1, -0.05) is 23.2 Å². The zero-order valence-corrected chi connectivity index (χ0v) is 16.5. The highest BCUT2D eigenvalue weighted by molar-refractivity contribution is 6.31. The standard InChI is InChI=1S/C19H18Cl2N2O5/c1-27-16-7-6-14(21)10-15(16)23-17(24)11-28-18(25)8-9-22-19(26)12-2-4-13(20)5-3-12/h2-7,10H,8-9,11H2,1H3,(H,22,26)(H,23,24). The largest absolute Gasteiger partial charge is 0.495 e. The molecule has 0 aromatic heterocycles. The van der Waals surface area contributed by atoms with Gasteiger partial charge in [0.05, 0.1) is 19.2 Å². The molecule has 0 saturated carbocycles. The Labute approximate surface area is 171 Å². The van der Waals surface area contributed by atoms with Crippen LogP contribution in [0, 0.1) is 0 Å². The summed E-state index contributed by atoms with van der Waals surface area (Å²) in [6.45, 7) is -0.399. The third-order valence-corrected chi connectivity index (χ3v) is 4.01. The molecule has 148 valence electrons. The van der Waals surface area contributed by atoms with Gasteiger partial charge >= 0.3 is 5.97 Å². The van der Waals surface area contributed by atoms with Crippen molar-refractivity contribution >= 4 is 46.7 Å². The zero-order valence-electron chi connectivity index (χ0n) is 15.0. The summed E-state index contributed by atoms with van der Waals surface area (Å²) < 4.78 is 10.0. The van der Waals surface area contributed by atoms with Crippen LogP contribution >= 0.6 is 23.2 Å². The summed E-state index contributed by atoms with van der Waals surface area (Å²) in [5, 5.41) is 6.08. The molecule has 0 radical (unpaired) electrons. The minimum Gasteiger partial charge on any atom is -0.495 e. The van der Waals surface area contributed by atoms with Gasteiger partial charge in [0.25, 0.3) is 11.8 Å². The summed E-state index contributed by atoms with van der Waals surface area (Å²) in [5.74, 6) is -1.08. The highest BCUT2D eigenvalue weighted by Crippen LogP contribution is 2.27. The first-order valence-corrected chi connectivity index (χ1v) is 8.97. The number of methoxy groups -OCH3 is 1. The minimum absolute atomic E-state index is 0.0734. The molecule has 2 aromatic rings. The molecule has 2 rings (SSSR count). The fraction of sp³-hybridized carbons (Fsp3) is 0.211. The molecule has 2 amide bonds. The molecule has 0 atom stereocenters. The third-order valence-electron chi connectivity index (χ3n) is 3.52. The van der Waals surface area contributed by atoms with Crippen LogP contribution < -0.4 is 15.4 Å². The number of benzene rings is 2. The number of carbonyl (C=O) groups is 3. The summed E-state index contributed by atoms with van der Waals surface area (Å²) in [6.07, 6.45) is -0.0763. The second-order valence-electron chi connectivity index (χ2n) is 5.57. The van der Waals surface area contributed by atoms with Crippen LogP contribution in [0.5, 0.6) is 5.75 Å². The van der Waals surface area contributed by atoms with Crippen LogP contribution in [-0.2, 0) is 14.3 Å². The van der Waals surface area contributed by atoms with Crippen molar-refractivity contribution in [1.29, 1.82) is 0 Å². The van der Waals surface area contributed by atoms with E-state index in [0.717, 1.165) is 0 Å². The lowest BCUT2D eigenvalue weighted by Gasteiger charge is -2.11. The number of halogens is 2. The molecule has 0 spiro atoms. The Morgan fingerprint density at radius 3 is 2.36 bits per heavy atom. The quantitative estimate of drug-likeness (QED) is 0.633. The maximum atomic E-state index is 11.9. The normalized spacial score (nSPS) is 10.1. The summed E-state index contributed by atoms with van der Waals surface area (Å²) in [7, 11) is 1.46. The number of hydrogen-bond acceptors (Lipinski definition) is 5. The Bertz CT molecular complexity index is 856. The van der Waals surface area contributed by atoms with Crippen molar-refractivity contribution < 1.29 is 23.9 Å². The molecule has 28 heavy (non-hydrogen) atoms. The lowest BCUT2D eigenvalue weighted by Crippen LogP contribution is -2.27. The predicted molar refractivity (Wildman–Crippen MR) is 106 cm³/mol. The third kappa shape index (κ3) is 6.75. The average molecular weight is 425 g/mol. The van der Waals surface area contributed by atoms with E-state index in [-0.39, 0.29) is 18.9 Å². The first kappa shape index (κ1) is 21.5. The highest BCUT2D eigenvalue weighted by Gasteiger charge is 2.12. The van der Waals surface area contributed by atoms with E-state index in [1.807, 2.05) is 0 Å². The first-order valence-electron chi connectivity index (χ1n) is 8.22. The molecule has 0 aliphatic rings. The van der Waals surface area contributed by atoms with Crippen molar-refractivity contribution in [3.05, 3.63) is 58.1 Å². The summed E-state index contributed by atoms with van der Waals surface area (Å²) in [5.41, 5.74) is 0.791. The molecular formula is C19H18Cl2N2O5. The number of ether oxygens (including phenoxy) is 2. The van der Waals surface area contributed by atoms with Gasteiger partial charge in [-0.05, 0) is 42.5 Å². The lowest BCUT2D eigenvalue weighted by atomic mass is 10.2. The van der Waals surface area contributed by atoms with Crippen molar-refractivity contribution in [2.24, 2.45) is 0 Å². The second-order valence-corrected chi connectivity index (χ2v) is 6.44. The highest BCUT2D eigenvalue weighted by atomic mass is 35.5. The predicted octanol–water partition coefficient (Wildman–Crippen LogP) is 3.30. The monoisotopic (exact) mass is 424 g/mol. The van der Waals surface area contributed by atoms with E-state index in [1.54, 1.807) is 36.4 Å². The fourth-order valence-corrected chi connectivity index (χ4v) is 2.46. The maximum absolute atomic E-state index is 11.9. The number of anilines is 1. The van der Waals surface area contributed by atoms with E-state index in [1.165, 1.54) is 13.2 Å². The summed E-state index contributed by atoms with van der Waals surface area (Å²) in [4.78, 5) is 35.5. The van der Waals surface area contributed by atoms with Crippen LogP contribution in [0.25, 0.3) is 0 Å². The molecule has 0 unspecified atom stereocenters. The number of carbonyl (C=O) groups excluding carboxylic acids is 3. The van der Waals surface area contributed by atoms with Crippen molar-refractivity contribution in [2.45, 2.75) is 6.42 Å². The van der Waals surface area contributed by atoms with Crippen LogP contribution in [0.2, 0.25) is 10.0 Å². The van der Waals surface area contributed by atoms with E-state index < -0.39 is 18.5 Å². The van der Waals surface area contributed by atoms with Gasteiger partial charge < -0.3 is 20.1 Å². The van der Waals surface area contributed by atoms with Crippen molar-refractivity contribution in [2.75, 3.05) is 25.6 Å². The van der Waals surface area contributed by atoms with Gasteiger partial charge in [0.2, 0.25) is 0 Å². The van der Waals surface area contributed by atoms with Crippen molar-refractivity contribution in [3.8, 4) is 5.75 Å². The molecular weight excluding hydrogens is 407 g/mol. The molecule has 0 aliphatic heterocycles. The van der Waals surface area contributed by atoms with E-state index in [4.69, 9.17) is 32.7 Å². The van der Waals surface area contributed by atoms with E-state index in [9.17, 15) is 14.4 Å². The van der Waals surface area contributed by atoms with Crippen molar-refractivity contribution in [1.82, 2.24) is 5.32 Å². The van der Waals surface area contributed by atoms with E-state index >= 15 is 0 Å². The SMILES string of the molecule is COc1ccc(Cl)cc1NC(=O)COC(=O)CCNC(=O)c1ccc(Cl)cc1. The van der Waals surface area contributed by atoms with Crippen LogP contribution in [0.1, 0.15) is 16.8 Å². The Morgan fingerprint density at radius 1 is 1.00 bits per heavy atom. The number of amides is 2. The molecule has 9 heteroatoms. The molecule has 2 N–H and O–H groups in total. The summed E-state index contributed by atoms with van der Waals surface area (Å²) >= 11 is 11.6. The lowest BCUT2D eigenvalue weighted by molar-refractivity contribution is -0.147. The van der Waals surface area contributed by atoms with Gasteiger partial charge in [0.15, 0.2) is 6.61 Å². The molecule has 0 fully saturated rings. The van der Waals surface area contributed by atoms with E-state index in [0.29, 0.717) is 27.0 Å². The number of hydrogen-bond donors (Lipinski definition) is 2. The van der Waals surface area contributed by atoms with Crippen LogP contribution in [-0.4, -0.2) is 38.0 Å². The van der Waals surface area contributed by atoms with Gasteiger partial charge in [-0.15, -0.1) is 0 Å². The van der Waals surface area contributed by atoms with Crippen LogP contribution in [0.3, 0.4) is 0 Å². The fourth-order valence-electron chi connectivity index (χ4n) is 2.16. The zero-order chi connectivity index (χ0) is 20.5. The van der Waals surface area contributed by atoms with Gasteiger partial charge in [-0.3, -0.25) is 14.4 Å². The Balaban J connectivity index is 1.72. The van der Waals surface area contributed by atoms with E-state index in [2.05, 4.69) is 10.6 Å². The average Bonchev–Trinajstić information content (AvgIpc) is 2.67. The van der Waals surface area contributed by atoms with Crippen molar-refractivity contribution in [3.63, 3.8) is 0 Å².